The van der Waals surface area contributed by atoms with E-state index in [1.54, 1.807) is 18.5 Å². The Hall–Kier alpha value is -1.53. The third-order valence-corrected chi connectivity index (χ3v) is 3.74. The molecule has 1 unspecified atom stereocenters. The molecule has 1 heterocycles. The SMILES string of the molecule is CCCNC(c1nccnc1OC)c1c(F)cccc1Br. The van der Waals surface area contributed by atoms with Gasteiger partial charge in [0, 0.05) is 22.4 Å². The molecule has 0 amide bonds. The van der Waals surface area contributed by atoms with Gasteiger partial charge < -0.3 is 10.1 Å². The van der Waals surface area contributed by atoms with Gasteiger partial charge in [0.1, 0.15) is 11.5 Å². The number of benzene rings is 1. The first-order valence-corrected chi connectivity index (χ1v) is 7.50. The highest BCUT2D eigenvalue weighted by Crippen LogP contribution is 2.33. The zero-order valence-electron chi connectivity index (χ0n) is 11.9. The van der Waals surface area contributed by atoms with Crippen molar-refractivity contribution in [1.29, 1.82) is 0 Å². The van der Waals surface area contributed by atoms with Gasteiger partial charge in [0.15, 0.2) is 0 Å². The summed E-state index contributed by atoms with van der Waals surface area (Å²) in [6.45, 7) is 2.78. The lowest BCUT2D eigenvalue weighted by Crippen LogP contribution is -2.26. The molecule has 0 radical (unpaired) electrons. The van der Waals surface area contributed by atoms with Crippen LogP contribution in [0.1, 0.15) is 30.6 Å². The normalized spacial score (nSPS) is 12.2. The van der Waals surface area contributed by atoms with Gasteiger partial charge in [0.25, 0.3) is 0 Å². The van der Waals surface area contributed by atoms with Crippen LogP contribution in [0, 0.1) is 5.82 Å². The van der Waals surface area contributed by atoms with Crippen LogP contribution in [0.5, 0.6) is 5.88 Å². The number of methoxy groups -OCH3 is 1. The molecule has 0 aliphatic heterocycles. The Bertz CT molecular complexity index is 589. The zero-order valence-corrected chi connectivity index (χ0v) is 13.5. The van der Waals surface area contributed by atoms with Gasteiger partial charge in [0.2, 0.25) is 5.88 Å². The van der Waals surface area contributed by atoms with Crippen LogP contribution in [-0.2, 0) is 0 Å². The van der Waals surface area contributed by atoms with E-state index in [0.29, 0.717) is 21.6 Å². The van der Waals surface area contributed by atoms with E-state index < -0.39 is 6.04 Å². The molecule has 0 saturated heterocycles. The van der Waals surface area contributed by atoms with E-state index >= 15 is 0 Å². The molecule has 1 aromatic heterocycles. The maximum Gasteiger partial charge on any atom is 0.237 e. The van der Waals surface area contributed by atoms with E-state index in [0.717, 1.165) is 13.0 Å². The Morgan fingerprint density at radius 2 is 2.10 bits per heavy atom. The maximum atomic E-state index is 14.3. The summed E-state index contributed by atoms with van der Waals surface area (Å²) in [6, 6.07) is 4.48. The molecule has 21 heavy (non-hydrogen) atoms. The lowest BCUT2D eigenvalue weighted by atomic mass is 10.0. The van der Waals surface area contributed by atoms with Crippen molar-refractivity contribution in [2.75, 3.05) is 13.7 Å². The van der Waals surface area contributed by atoms with Crippen molar-refractivity contribution in [2.24, 2.45) is 0 Å². The van der Waals surface area contributed by atoms with Crippen LogP contribution in [0.15, 0.2) is 35.1 Å². The molecular formula is C15H17BrFN3O. The fourth-order valence-electron chi connectivity index (χ4n) is 2.10. The molecule has 2 aromatic rings. The molecular weight excluding hydrogens is 337 g/mol. The summed E-state index contributed by atoms with van der Waals surface area (Å²) in [6.07, 6.45) is 4.05. The molecule has 6 heteroatoms. The molecule has 112 valence electrons. The molecule has 0 saturated carbocycles. The summed E-state index contributed by atoms with van der Waals surface area (Å²) < 4.78 is 20.2. The van der Waals surface area contributed by atoms with Crippen LogP contribution in [-0.4, -0.2) is 23.6 Å². The van der Waals surface area contributed by atoms with E-state index in [1.165, 1.54) is 13.2 Å². The molecule has 0 spiro atoms. The van der Waals surface area contributed by atoms with Crippen molar-refractivity contribution in [2.45, 2.75) is 19.4 Å². The van der Waals surface area contributed by atoms with E-state index in [2.05, 4.69) is 31.2 Å². The molecule has 0 bridgehead atoms. The second-order valence-corrected chi connectivity index (χ2v) is 5.33. The van der Waals surface area contributed by atoms with Crippen molar-refractivity contribution in [1.82, 2.24) is 15.3 Å². The monoisotopic (exact) mass is 353 g/mol. The Morgan fingerprint density at radius 3 is 2.76 bits per heavy atom. The lowest BCUT2D eigenvalue weighted by Gasteiger charge is -2.21. The Labute approximate surface area is 131 Å². The van der Waals surface area contributed by atoms with E-state index in [4.69, 9.17) is 4.74 Å². The van der Waals surface area contributed by atoms with Crippen LogP contribution in [0.3, 0.4) is 0 Å². The molecule has 0 aliphatic rings. The number of hydrogen-bond acceptors (Lipinski definition) is 4. The zero-order chi connectivity index (χ0) is 15.2. The number of rotatable bonds is 6. The van der Waals surface area contributed by atoms with Crippen molar-refractivity contribution >= 4 is 15.9 Å². The van der Waals surface area contributed by atoms with Gasteiger partial charge >= 0.3 is 0 Å². The second-order valence-electron chi connectivity index (χ2n) is 4.47. The third-order valence-electron chi connectivity index (χ3n) is 3.04. The molecule has 0 aliphatic carbocycles. The maximum absolute atomic E-state index is 14.3. The predicted octanol–water partition coefficient (Wildman–Crippen LogP) is 3.48. The van der Waals surface area contributed by atoms with Crippen LogP contribution in [0.2, 0.25) is 0 Å². The molecule has 0 fully saturated rings. The van der Waals surface area contributed by atoms with Crippen LogP contribution in [0.25, 0.3) is 0 Å². The minimum atomic E-state index is -0.427. The fourth-order valence-corrected chi connectivity index (χ4v) is 2.67. The fraction of sp³-hybridized carbons (Fsp3) is 0.333. The van der Waals surface area contributed by atoms with Gasteiger partial charge in [-0.2, -0.15) is 0 Å². The third kappa shape index (κ3) is 3.57. The average Bonchev–Trinajstić information content (AvgIpc) is 2.50. The van der Waals surface area contributed by atoms with Gasteiger partial charge in [0.05, 0.1) is 13.2 Å². The van der Waals surface area contributed by atoms with Gasteiger partial charge in [-0.3, -0.25) is 4.98 Å². The van der Waals surface area contributed by atoms with Crippen molar-refractivity contribution in [3.63, 3.8) is 0 Å². The standard InChI is InChI=1S/C15H17BrFN3O/c1-3-7-18-13(12-10(16)5-4-6-11(12)17)14-15(21-2)20-9-8-19-14/h4-6,8-9,13,18H,3,7H2,1-2H3. The summed E-state index contributed by atoms with van der Waals surface area (Å²) >= 11 is 3.41. The van der Waals surface area contributed by atoms with Crippen LogP contribution in [0.4, 0.5) is 4.39 Å². The van der Waals surface area contributed by atoms with Crippen molar-refractivity contribution in [3.05, 3.63) is 52.1 Å². The summed E-state index contributed by atoms with van der Waals surface area (Å²) in [4.78, 5) is 8.47. The van der Waals surface area contributed by atoms with Crippen molar-refractivity contribution < 1.29 is 9.13 Å². The Balaban J connectivity index is 2.53. The first-order valence-electron chi connectivity index (χ1n) is 6.71. The molecule has 1 aromatic carbocycles. The first-order chi connectivity index (χ1) is 10.2. The van der Waals surface area contributed by atoms with Gasteiger partial charge in [-0.25, -0.2) is 9.37 Å². The topological polar surface area (TPSA) is 47.0 Å². The quantitative estimate of drug-likeness (QED) is 0.863. The van der Waals surface area contributed by atoms with Gasteiger partial charge in [-0.15, -0.1) is 0 Å². The molecule has 2 rings (SSSR count). The second kappa shape index (κ2) is 7.47. The van der Waals surface area contributed by atoms with E-state index in [-0.39, 0.29) is 5.82 Å². The van der Waals surface area contributed by atoms with Gasteiger partial charge in [-0.1, -0.05) is 28.9 Å². The molecule has 1 atom stereocenters. The predicted molar refractivity (Wildman–Crippen MR) is 82.8 cm³/mol. The Kier molecular flexibility index (Phi) is 5.64. The number of nitrogens with zero attached hydrogens (tertiary/aromatic N) is 2. The summed E-state index contributed by atoms with van der Waals surface area (Å²) in [5.41, 5.74) is 1.07. The minimum Gasteiger partial charge on any atom is -0.480 e. The van der Waals surface area contributed by atoms with E-state index in [9.17, 15) is 4.39 Å². The number of halogens is 2. The molecule has 1 N–H and O–H groups in total. The number of aromatic nitrogens is 2. The van der Waals surface area contributed by atoms with Crippen LogP contribution < -0.4 is 10.1 Å². The Morgan fingerprint density at radius 1 is 1.33 bits per heavy atom. The first kappa shape index (κ1) is 15.9. The average molecular weight is 354 g/mol. The highest BCUT2D eigenvalue weighted by Gasteiger charge is 2.25. The summed E-state index contributed by atoms with van der Waals surface area (Å²) in [5, 5.41) is 3.31. The lowest BCUT2D eigenvalue weighted by molar-refractivity contribution is 0.381. The minimum absolute atomic E-state index is 0.300. The van der Waals surface area contributed by atoms with Gasteiger partial charge in [-0.05, 0) is 25.1 Å². The number of nitrogens with one attached hydrogen (secondary N) is 1. The summed E-state index contributed by atoms with van der Waals surface area (Å²) in [7, 11) is 1.53. The summed E-state index contributed by atoms with van der Waals surface area (Å²) in [5.74, 6) is 0.0898. The number of ether oxygens (including phenoxy) is 1. The number of hydrogen-bond donors (Lipinski definition) is 1. The highest BCUT2D eigenvalue weighted by molar-refractivity contribution is 9.10. The highest BCUT2D eigenvalue weighted by atomic mass is 79.9. The smallest absolute Gasteiger partial charge is 0.237 e. The van der Waals surface area contributed by atoms with Crippen molar-refractivity contribution in [3.8, 4) is 5.88 Å². The largest absolute Gasteiger partial charge is 0.480 e. The van der Waals surface area contributed by atoms with E-state index in [1.807, 2.05) is 13.0 Å². The molecule has 4 nitrogen and oxygen atoms in total. The van der Waals surface area contributed by atoms with Crippen LogP contribution >= 0.6 is 15.9 Å².